The Morgan fingerprint density at radius 2 is 2.00 bits per heavy atom. The fraction of sp³-hybridized carbons (Fsp3) is 0.105. The Hall–Kier alpha value is -3.39. The number of thiophene rings is 1. The number of carbonyl (C=O) groups excluding carboxylic acids is 1. The van der Waals surface area contributed by atoms with Gasteiger partial charge in [-0.2, -0.15) is 0 Å². The zero-order chi connectivity index (χ0) is 19.1. The van der Waals surface area contributed by atoms with E-state index in [1.807, 2.05) is 37.3 Å². The number of amides is 1. The van der Waals surface area contributed by atoms with Crippen LogP contribution in [0, 0.1) is 6.92 Å². The lowest BCUT2D eigenvalue weighted by atomic mass is 10.2. The summed E-state index contributed by atoms with van der Waals surface area (Å²) in [6.07, 6.45) is 1.65. The van der Waals surface area contributed by atoms with Crippen LogP contribution in [0.4, 0.5) is 16.2 Å². The molecule has 27 heavy (non-hydrogen) atoms. The highest BCUT2D eigenvalue weighted by Crippen LogP contribution is 2.33. The number of anilines is 2. The summed E-state index contributed by atoms with van der Waals surface area (Å²) >= 11 is 1.19. The molecule has 0 aliphatic heterocycles. The van der Waals surface area contributed by atoms with Crippen LogP contribution in [0.3, 0.4) is 0 Å². The number of carboxylic acids is 1. The highest BCUT2D eigenvalue weighted by molar-refractivity contribution is 7.21. The predicted octanol–water partition coefficient (Wildman–Crippen LogP) is 4.19. The average molecular weight is 380 g/mol. The number of aryl methyl sites for hydroxylation is 1. The molecule has 0 radical (unpaired) electrons. The maximum atomic E-state index is 12.1. The van der Waals surface area contributed by atoms with E-state index in [0.717, 1.165) is 32.7 Å². The summed E-state index contributed by atoms with van der Waals surface area (Å²) in [6.45, 7) is 1.88. The van der Waals surface area contributed by atoms with Crippen molar-refractivity contribution in [1.29, 1.82) is 0 Å². The van der Waals surface area contributed by atoms with Crippen molar-refractivity contribution in [3.63, 3.8) is 0 Å². The van der Waals surface area contributed by atoms with Gasteiger partial charge in [0.15, 0.2) is 0 Å². The van der Waals surface area contributed by atoms with E-state index in [2.05, 4.69) is 15.6 Å². The fourth-order valence-electron chi connectivity index (χ4n) is 3.11. The van der Waals surface area contributed by atoms with Crippen LogP contribution in [-0.4, -0.2) is 33.7 Å². The van der Waals surface area contributed by atoms with Crippen molar-refractivity contribution in [1.82, 2.24) is 14.9 Å². The normalized spacial score (nSPS) is 11.0. The molecule has 7 nitrogen and oxygen atoms in total. The topological polar surface area (TPSA) is 96.3 Å². The Labute approximate surface area is 158 Å². The summed E-state index contributed by atoms with van der Waals surface area (Å²) in [5, 5.41) is 16.1. The van der Waals surface area contributed by atoms with E-state index in [0.29, 0.717) is 5.52 Å². The van der Waals surface area contributed by atoms with Gasteiger partial charge in [0.25, 0.3) is 0 Å². The zero-order valence-corrected chi connectivity index (χ0v) is 15.4. The third kappa shape index (κ3) is 2.89. The van der Waals surface area contributed by atoms with E-state index in [1.54, 1.807) is 23.9 Å². The number of carbonyl (C=O) groups is 2. The maximum Gasteiger partial charge on any atom is 0.345 e. The Balaban J connectivity index is 1.75. The number of fused-ring (bicyclic) bond motifs is 2. The maximum absolute atomic E-state index is 12.1. The Morgan fingerprint density at radius 3 is 2.74 bits per heavy atom. The molecule has 136 valence electrons. The van der Waals surface area contributed by atoms with E-state index in [1.165, 1.54) is 11.3 Å². The van der Waals surface area contributed by atoms with Crippen molar-refractivity contribution in [2.75, 3.05) is 12.4 Å². The second kappa shape index (κ2) is 6.40. The molecule has 4 rings (SSSR count). The minimum atomic E-state index is -0.962. The third-order valence-corrected chi connectivity index (χ3v) is 5.45. The molecule has 0 bridgehead atoms. The Bertz CT molecular complexity index is 1210. The summed E-state index contributed by atoms with van der Waals surface area (Å²) < 4.78 is 2.41. The molecule has 1 aromatic carbocycles. The minimum absolute atomic E-state index is 0.182. The van der Waals surface area contributed by atoms with Gasteiger partial charge in [-0.05, 0) is 43.3 Å². The Kier molecular flexibility index (Phi) is 4.04. The van der Waals surface area contributed by atoms with Crippen LogP contribution >= 0.6 is 11.3 Å². The summed E-state index contributed by atoms with van der Waals surface area (Å²) in [4.78, 5) is 27.8. The van der Waals surface area contributed by atoms with Gasteiger partial charge < -0.3 is 15.7 Å². The first-order valence-corrected chi connectivity index (χ1v) is 9.02. The van der Waals surface area contributed by atoms with Gasteiger partial charge in [-0.25, -0.2) is 9.59 Å². The number of hydrogen-bond donors (Lipinski definition) is 3. The van der Waals surface area contributed by atoms with Gasteiger partial charge in [0.05, 0.1) is 21.4 Å². The van der Waals surface area contributed by atoms with Crippen molar-refractivity contribution < 1.29 is 14.7 Å². The van der Waals surface area contributed by atoms with Crippen LogP contribution < -0.4 is 10.6 Å². The van der Waals surface area contributed by atoms with Crippen molar-refractivity contribution in [2.45, 2.75) is 6.92 Å². The number of benzene rings is 1. The summed E-state index contributed by atoms with van der Waals surface area (Å²) in [5.41, 5.74) is 3.94. The highest BCUT2D eigenvalue weighted by Gasteiger charge is 2.14. The van der Waals surface area contributed by atoms with E-state index in [-0.39, 0.29) is 10.9 Å². The number of aromatic carboxylic acids is 1. The lowest BCUT2D eigenvalue weighted by Crippen LogP contribution is -2.25. The second-order valence-corrected chi connectivity index (χ2v) is 7.12. The quantitative estimate of drug-likeness (QED) is 0.495. The molecule has 0 saturated carbocycles. The molecule has 0 saturated heterocycles. The molecule has 3 N–H and O–H groups in total. The monoisotopic (exact) mass is 380 g/mol. The van der Waals surface area contributed by atoms with E-state index < -0.39 is 5.97 Å². The number of pyridine rings is 1. The van der Waals surface area contributed by atoms with E-state index in [9.17, 15) is 14.7 Å². The van der Waals surface area contributed by atoms with Gasteiger partial charge in [-0.1, -0.05) is 0 Å². The molecule has 4 aromatic rings. The van der Waals surface area contributed by atoms with Gasteiger partial charge in [0, 0.05) is 30.0 Å². The molecule has 0 atom stereocenters. The molecule has 0 unspecified atom stereocenters. The van der Waals surface area contributed by atoms with Gasteiger partial charge in [0.1, 0.15) is 4.88 Å². The molecule has 3 heterocycles. The first-order valence-electron chi connectivity index (χ1n) is 8.21. The van der Waals surface area contributed by atoms with Crippen LogP contribution in [0.25, 0.3) is 21.1 Å². The van der Waals surface area contributed by atoms with Crippen LogP contribution in [0.15, 0.2) is 42.6 Å². The Morgan fingerprint density at radius 1 is 1.19 bits per heavy atom. The van der Waals surface area contributed by atoms with Gasteiger partial charge in [-0.3, -0.25) is 9.55 Å². The lowest BCUT2D eigenvalue weighted by molar-refractivity contribution is 0.0702. The number of hydrogen-bond acceptors (Lipinski definition) is 5. The molecule has 0 aliphatic carbocycles. The number of rotatable bonds is 3. The summed E-state index contributed by atoms with van der Waals surface area (Å²) in [5.74, 6) is -0.962. The molecule has 0 spiro atoms. The first-order chi connectivity index (χ1) is 13.0. The SMILES string of the molecule is CNC(=O)n1c(C)cc2cc(Nc3ccnc4cc(C(=O)O)sc34)ccc21. The lowest BCUT2D eigenvalue weighted by Gasteiger charge is -2.09. The third-order valence-electron chi connectivity index (χ3n) is 4.30. The average Bonchev–Trinajstić information content (AvgIpc) is 3.22. The van der Waals surface area contributed by atoms with Gasteiger partial charge in [0.2, 0.25) is 0 Å². The smallest absolute Gasteiger partial charge is 0.345 e. The predicted molar refractivity (Wildman–Crippen MR) is 106 cm³/mol. The molecule has 1 amide bonds. The molecule has 8 heteroatoms. The standard InChI is InChI=1S/C19H16N4O3S/c1-10-7-11-8-12(3-4-15(11)23(10)19(26)20-2)22-13-5-6-21-14-9-16(18(24)25)27-17(13)14/h3-9H,1-2H3,(H,20,26)(H,21,22)(H,24,25). The van der Waals surface area contributed by atoms with E-state index >= 15 is 0 Å². The van der Waals surface area contributed by atoms with Crippen LogP contribution in [0.2, 0.25) is 0 Å². The second-order valence-electron chi connectivity index (χ2n) is 6.06. The largest absolute Gasteiger partial charge is 0.477 e. The number of carboxylic acid groups (broad SMARTS) is 1. The van der Waals surface area contributed by atoms with Crippen LogP contribution in [0.1, 0.15) is 15.4 Å². The van der Waals surface area contributed by atoms with Crippen LogP contribution in [-0.2, 0) is 0 Å². The first kappa shape index (κ1) is 17.0. The van der Waals surface area contributed by atoms with Crippen LogP contribution in [0.5, 0.6) is 0 Å². The van der Waals surface area contributed by atoms with E-state index in [4.69, 9.17) is 0 Å². The van der Waals surface area contributed by atoms with Crippen molar-refractivity contribution in [3.8, 4) is 0 Å². The van der Waals surface area contributed by atoms with Gasteiger partial charge >= 0.3 is 12.0 Å². The minimum Gasteiger partial charge on any atom is -0.477 e. The number of aromatic nitrogens is 2. The fourth-order valence-corrected chi connectivity index (χ4v) is 4.03. The zero-order valence-electron chi connectivity index (χ0n) is 14.6. The van der Waals surface area contributed by atoms with Crippen molar-refractivity contribution in [3.05, 3.63) is 53.2 Å². The highest BCUT2D eigenvalue weighted by atomic mass is 32.1. The summed E-state index contributed by atoms with van der Waals surface area (Å²) in [7, 11) is 1.60. The molecular formula is C19H16N4O3S. The molecular weight excluding hydrogens is 364 g/mol. The summed E-state index contributed by atoms with van der Waals surface area (Å²) in [6, 6.07) is 10.9. The molecule has 0 aliphatic rings. The molecule has 0 fully saturated rings. The van der Waals surface area contributed by atoms with Gasteiger partial charge in [-0.15, -0.1) is 11.3 Å². The van der Waals surface area contributed by atoms with Crippen molar-refractivity contribution in [2.24, 2.45) is 0 Å². The van der Waals surface area contributed by atoms with Crippen molar-refractivity contribution >= 4 is 55.8 Å². The molecule has 3 aromatic heterocycles. The number of nitrogens with one attached hydrogen (secondary N) is 2. The number of nitrogens with zero attached hydrogens (tertiary/aromatic N) is 2.